The summed E-state index contributed by atoms with van der Waals surface area (Å²) in [6, 6.07) is 3.21. The molecule has 0 radical (unpaired) electrons. The molecule has 1 aliphatic heterocycles. The zero-order chi connectivity index (χ0) is 14.2. The molecule has 7 heteroatoms. The van der Waals surface area contributed by atoms with Gasteiger partial charge in [0.25, 0.3) is 5.91 Å². The summed E-state index contributed by atoms with van der Waals surface area (Å²) in [5.74, 6) is 0.246. The second-order valence-electron chi connectivity index (χ2n) is 5.16. The zero-order valence-electron chi connectivity index (χ0n) is 10.8. The van der Waals surface area contributed by atoms with Crippen LogP contribution >= 0.6 is 15.9 Å². The first kappa shape index (κ1) is 14.6. The molecule has 0 aliphatic carbocycles. The van der Waals surface area contributed by atoms with Gasteiger partial charge in [-0.05, 0) is 34.0 Å². The molecule has 5 nitrogen and oxygen atoms in total. The number of halogens is 1. The van der Waals surface area contributed by atoms with Gasteiger partial charge in [-0.25, -0.2) is 8.42 Å². The normalized spacial score (nSPS) is 16.7. The largest absolute Gasteiger partial charge is 0.444 e. The maximum atomic E-state index is 12.0. The highest BCUT2D eigenvalue weighted by Crippen LogP contribution is 2.23. The molecular formula is C12H16BrNO4S. The van der Waals surface area contributed by atoms with Crippen molar-refractivity contribution >= 4 is 31.7 Å². The Bertz CT molecular complexity index is 572. The van der Waals surface area contributed by atoms with Crippen LogP contribution in [0.5, 0.6) is 0 Å². The molecule has 0 bridgehead atoms. The molecule has 19 heavy (non-hydrogen) atoms. The third kappa shape index (κ3) is 3.20. The Morgan fingerprint density at radius 3 is 2.58 bits per heavy atom. The van der Waals surface area contributed by atoms with Crippen LogP contribution in [-0.2, 0) is 9.84 Å². The number of hydrogen-bond acceptors (Lipinski definition) is 4. The summed E-state index contributed by atoms with van der Waals surface area (Å²) in [6.07, 6.45) is 0. The minimum atomic E-state index is -3.10. The number of hydrogen-bond donors (Lipinski definition) is 0. The van der Waals surface area contributed by atoms with E-state index in [4.69, 9.17) is 4.42 Å². The van der Waals surface area contributed by atoms with Crippen LogP contribution in [0.15, 0.2) is 21.2 Å². The molecule has 0 spiro atoms. The van der Waals surface area contributed by atoms with E-state index in [0.29, 0.717) is 4.67 Å². The van der Waals surface area contributed by atoms with Gasteiger partial charge in [-0.1, -0.05) is 13.8 Å². The molecule has 2 heterocycles. The average molecular weight is 350 g/mol. The summed E-state index contributed by atoms with van der Waals surface area (Å²) in [5.41, 5.74) is 0. The number of furan rings is 1. The summed E-state index contributed by atoms with van der Waals surface area (Å²) in [5, 5.41) is -0.433. The first-order valence-electron chi connectivity index (χ1n) is 6.06. The molecular weight excluding hydrogens is 334 g/mol. The molecule has 1 aliphatic rings. The Kier molecular flexibility index (Phi) is 4.06. The quantitative estimate of drug-likeness (QED) is 0.832. The van der Waals surface area contributed by atoms with Gasteiger partial charge in [0.1, 0.15) is 0 Å². The third-order valence-corrected chi connectivity index (χ3v) is 5.86. The van der Waals surface area contributed by atoms with Gasteiger partial charge in [0, 0.05) is 13.1 Å². The molecule has 1 fully saturated rings. The number of carbonyl (C=O) groups is 1. The summed E-state index contributed by atoms with van der Waals surface area (Å²) < 4.78 is 29.6. The lowest BCUT2D eigenvalue weighted by atomic mass is 10.2. The standard InChI is InChI=1S/C12H16BrNO4S/c1-8(2)7-19(16,17)9-5-14(6-9)12(15)10-3-4-11(13)18-10/h3-4,8-9H,5-7H2,1-2H3. The van der Waals surface area contributed by atoms with E-state index in [1.165, 1.54) is 4.90 Å². The van der Waals surface area contributed by atoms with Crippen molar-refractivity contribution in [3.8, 4) is 0 Å². The van der Waals surface area contributed by atoms with Crippen molar-refractivity contribution in [3.63, 3.8) is 0 Å². The van der Waals surface area contributed by atoms with Gasteiger partial charge in [-0.3, -0.25) is 4.79 Å². The molecule has 1 saturated heterocycles. The highest BCUT2D eigenvalue weighted by Gasteiger charge is 2.40. The van der Waals surface area contributed by atoms with Crippen LogP contribution in [0.1, 0.15) is 24.4 Å². The van der Waals surface area contributed by atoms with Crippen LogP contribution in [0.2, 0.25) is 0 Å². The molecule has 1 amide bonds. The van der Waals surface area contributed by atoms with Crippen molar-refractivity contribution < 1.29 is 17.6 Å². The Labute approximate surface area is 121 Å². The van der Waals surface area contributed by atoms with Crippen molar-refractivity contribution in [2.45, 2.75) is 19.1 Å². The summed E-state index contributed by atoms with van der Waals surface area (Å²) >= 11 is 3.13. The van der Waals surface area contributed by atoms with Crippen LogP contribution in [0.25, 0.3) is 0 Å². The number of sulfone groups is 1. The summed E-state index contributed by atoms with van der Waals surface area (Å²) in [7, 11) is -3.10. The van der Waals surface area contributed by atoms with E-state index in [1.54, 1.807) is 12.1 Å². The lowest BCUT2D eigenvalue weighted by molar-refractivity contribution is 0.0624. The molecule has 106 valence electrons. The molecule has 0 atom stereocenters. The number of nitrogens with zero attached hydrogens (tertiary/aromatic N) is 1. The van der Waals surface area contributed by atoms with E-state index in [0.717, 1.165) is 0 Å². The van der Waals surface area contributed by atoms with Crippen LogP contribution in [0.4, 0.5) is 0 Å². The van der Waals surface area contributed by atoms with Crippen LogP contribution < -0.4 is 0 Å². The van der Waals surface area contributed by atoms with Gasteiger partial charge < -0.3 is 9.32 Å². The molecule has 1 aromatic rings. The Balaban J connectivity index is 1.95. The molecule has 0 saturated carbocycles. The monoisotopic (exact) mass is 349 g/mol. The minimum absolute atomic E-state index is 0.107. The molecule has 0 unspecified atom stereocenters. The van der Waals surface area contributed by atoms with Crippen molar-refractivity contribution in [1.29, 1.82) is 0 Å². The highest BCUT2D eigenvalue weighted by atomic mass is 79.9. The molecule has 0 aromatic carbocycles. The second kappa shape index (κ2) is 5.28. The van der Waals surface area contributed by atoms with Crippen molar-refractivity contribution in [3.05, 3.63) is 22.6 Å². The minimum Gasteiger partial charge on any atom is -0.444 e. The first-order valence-corrected chi connectivity index (χ1v) is 8.56. The fourth-order valence-corrected chi connectivity index (χ4v) is 4.34. The molecule has 2 rings (SSSR count). The highest BCUT2D eigenvalue weighted by molar-refractivity contribution is 9.10. The van der Waals surface area contributed by atoms with E-state index in [-0.39, 0.29) is 36.4 Å². The van der Waals surface area contributed by atoms with E-state index >= 15 is 0 Å². The van der Waals surface area contributed by atoms with Crippen molar-refractivity contribution in [2.24, 2.45) is 5.92 Å². The maximum absolute atomic E-state index is 12.0. The Morgan fingerprint density at radius 2 is 2.11 bits per heavy atom. The summed E-state index contributed by atoms with van der Waals surface area (Å²) in [4.78, 5) is 13.4. The predicted octanol–water partition coefficient (Wildman–Crippen LogP) is 1.94. The van der Waals surface area contributed by atoms with Gasteiger partial charge in [-0.15, -0.1) is 0 Å². The molecule has 0 N–H and O–H groups in total. The van der Waals surface area contributed by atoms with Gasteiger partial charge in [0.05, 0.1) is 11.0 Å². The lowest BCUT2D eigenvalue weighted by Gasteiger charge is -2.38. The van der Waals surface area contributed by atoms with Crippen LogP contribution in [0, 0.1) is 5.92 Å². The zero-order valence-corrected chi connectivity index (χ0v) is 13.2. The number of rotatable bonds is 4. The van der Waals surface area contributed by atoms with E-state index in [9.17, 15) is 13.2 Å². The fourth-order valence-electron chi connectivity index (χ4n) is 2.02. The first-order chi connectivity index (χ1) is 8.79. The van der Waals surface area contributed by atoms with E-state index < -0.39 is 15.1 Å². The smallest absolute Gasteiger partial charge is 0.289 e. The van der Waals surface area contributed by atoms with Crippen molar-refractivity contribution in [2.75, 3.05) is 18.8 Å². The SMILES string of the molecule is CC(C)CS(=O)(=O)C1CN(C(=O)c2ccc(Br)o2)C1. The number of likely N-dealkylation sites (tertiary alicyclic amines) is 1. The van der Waals surface area contributed by atoms with Crippen LogP contribution in [0.3, 0.4) is 0 Å². The summed E-state index contributed by atoms with van der Waals surface area (Å²) in [6.45, 7) is 4.26. The van der Waals surface area contributed by atoms with Crippen molar-refractivity contribution in [1.82, 2.24) is 4.90 Å². The fraction of sp³-hybridized carbons (Fsp3) is 0.583. The second-order valence-corrected chi connectivity index (χ2v) is 8.27. The van der Waals surface area contributed by atoms with Crippen LogP contribution in [-0.4, -0.2) is 43.3 Å². The topological polar surface area (TPSA) is 67.6 Å². The van der Waals surface area contributed by atoms with Gasteiger partial charge in [-0.2, -0.15) is 0 Å². The lowest BCUT2D eigenvalue weighted by Crippen LogP contribution is -2.57. The van der Waals surface area contributed by atoms with Gasteiger partial charge in [0.2, 0.25) is 0 Å². The Hall–Kier alpha value is -0.820. The molecule has 1 aromatic heterocycles. The third-order valence-electron chi connectivity index (χ3n) is 2.99. The Morgan fingerprint density at radius 1 is 1.47 bits per heavy atom. The maximum Gasteiger partial charge on any atom is 0.289 e. The van der Waals surface area contributed by atoms with E-state index in [1.807, 2.05) is 13.8 Å². The number of amides is 1. The predicted molar refractivity (Wildman–Crippen MR) is 74.7 cm³/mol. The van der Waals surface area contributed by atoms with Gasteiger partial charge >= 0.3 is 0 Å². The van der Waals surface area contributed by atoms with Gasteiger partial charge in [0.15, 0.2) is 20.3 Å². The number of carbonyl (C=O) groups excluding carboxylic acids is 1. The average Bonchev–Trinajstić information content (AvgIpc) is 2.59. The van der Waals surface area contributed by atoms with E-state index in [2.05, 4.69) is 15.9 Å².